The molecule has 0 aliphatic heterocycles. The number of carbonyl (C=O) groups excluding carboxylic acids is 1. The normalized spacial score (nSPS) is 14.4. The van der Waals surface area contributed by atoms with Gasteiger partial charge < -0.3 is 19.7 Å². The van der Waals surface area contributed by atoms with E-state index in [9.17, 15) is 18.0 Å². The lowest BCUT2D eigenvalue weighted by Crippen LogP contribution is -2.29. The van der Waals surface area contributed by atoms with Crippen LogP contribution in [0.1, 0.15) is 40.4 Å². The third-order valence-corrected chi connectivity index (χ3v) is 6.74. The number of ether oxygens (including phenoxy) is 1. The van der Waals surface area contributed by atoms with Gasteiger partial charge in [0.15, 0.2) is 0 Å². The average Bonchev–Trinajstić information content (AvgIpc) is 3.59. The predicted octanol–water partition coefficient (Wildman–Crippen LogP) is 6.25. The minimum atomic E-state index is -5.08. The van der Waals surface area contributed by atoms with Crippen molar-refractivity contribution in [2.45, 2.75) is 38.4 Å². The third-order valence-electron chi connectivity index (χ3n) is 6.74. The Hall–Kier alpha value is -4.86. The summed E-state index contributed by atoms with van der Waals surface area (Å²) in [4.78, 5) is 26.8. The monoisotopic (exact) mass is 577 g/mol. The Morgan fingerprint density at radius 2 is 1.79 bits per heavy atom. The highest BCUT2D eigenvalue weighted by Gasteiger charge is 2.38. The molecule has 0 radical (unpaired) electrons. The number of alkyl halides is 3. The van der Waals surface area contributed by atoms with E-state index in [1.54, 1.807) is 13.4 Å². The smallest absolute Gasteiger partial charge is 0.490 e. The number of amides is 1. The fourth-order valence-corrected chi connectivity index (χ4v) is 4.72. The molecule has 1 aliphatic carbocycles. The number of rotatable bonds is 7. The number of carbonyl (C=O) groups is 2. The Morgan fingerprint density at radius 1 is 1.10 bits per heavy atom. The van der Waals surface area contributed by atoms with E-state index in [1.807, 2.05) is 66.2 Å². The molecule has 10 heteroatoms. The highest BCUT2D eigenvalue weighted by molar-refractivity contribution is 5.98. The Bertz CT molecular complexity index is 1580. The minimum Gasteiger partial charge on any atom is -0.495 e. The summed E-state index contributed by atoms with van der Waals surface area (Å²) >= 11 is 0. The summed E-state index contributed by atoms with van der Waals surface area (Å²) in [6, 6.07) is 24.5. The minimum absolute atomic E-state index is 0.0381. The number of halogens is 3. The highest BCUT2D eigenvalue weighted by Crippen LogP contribution is 2.31. The zero-order chi connectivity index (χ0) is 30.3. The summed E-state index contributed by atoms with van der Waals surface area (Å²) in [6.07, 6.45) is 3.08. The van der Waals surface area contributed by atoms with Gasteiger partial charge in [-0.15, -0.1) is 0 Å². The van der Waals surface area contributed by atoms with Gasteiger partial charge in [-0.2, -0.15) is 13.2 Å². The van der Waals surface area contributed by atoms with Gasteiger partial charge in [0.25, 0.3) is 0 Å². The van der Waals surface area contributed by atoms with E-state index in [-0.39, 0.29) is 11.9 Å². The number of methoxy groups -OCH3 is 1. The third kappa shape index (κ3) is 7.66. The number of hydrogen-bond donors (Lipinski definition) is 2. The first-order chi connectivity index (χ1) is 20.0. The summed E-state index contributed by atoms with van der Waals surface area (Å²) < 4.78 is 39.4. The van der Waals surface area contributed by atoms with Gasteiger partial charge in [0.05, 0.1) is 30.9 Å². The number of aryl methyl sites for hydroxylation is 2. The maximum Gasteiger partial charge on any atom is 0.490 e. The molecule has 0 saturated carbocycles. The summed E-state index contributed by atoms with van der Waals surface area (Å²) in [7, 11) is 1.66. The Morgan fingerprint density at radius 3 is 2.43 bits per heavy atom. The molecule has 0 saturated heterocycles. The van der Waals surface area contributed by atoms with Gasteiger partial charge in [-0.05, 0) is 60.2 Å². The van der Waals surface area contributed by atoms with Crippen LogP contribution in [0.2, 0.25) is 0 Å². The highest BCUT2D eigenvalue weighted by atomic mass is 19.4. The molecule has 2 N–H and O–H groups in total. The number of imidazole rings is 1. The zero-order valence-corrected chi connectivity index (χ0v) is 23.1. The molecule has 1 aromatic heterocycles. The second-order valence-corrected chi connectivity index (χ2v) is 9.75. The molecule has 4 aromatic rings. The number of benzene rings is 3. The quantitative estimate of drug-likeness (QED) is 0.253. The van der Waals surface area contributed by atoms with Crippen LogP contribution in [0.4, 0.5) is 13.2 Å². The molecule has 1 atom stereocenters. The van der Waals surface area contributed by atoms with Crippen molar-refractivity contribution in [2.75, 3.05) is 7.11 Å². The maximum atomic E-state index is 13.5. The van der Waals surface area contributed by atoms with E-state index in [1.165, 1.54) is 11.1 Å². The topological polar surface area (TPSA) is 93.5 Å². The first kappa shape index (κ1) is 30.1. The van der Waals surface area contributed by atoms with Gasteiger partial charge in [-0.1, -0.05) is 60.7 Å². The first-order valence-electron chi connectivity index (χ1n) is 13.2. The van der Waals surface area contributed by atoms with Crippen molar-refractivity contribution in [2.24, 2.45) is 0 Å². The van der Waals surface area contributed by atoms with Crippen LogP contribution in [0, 0.1) is 6.92 Å². The van der Waals surface area contributed by atoms with Gasteiger partial charge in [0, 0.05) is 18.2 Å². The van der Waals surface area contributed by atoms with Crippen molar-refractivity contribution < 1.29 is 32.6 Å². The molecule has 7 nitrogen and oxygen atoms in total. The summed E-state index contributed by atoms with van der Waals surface area (Å²) in [5.41, 5.74) is 7.11. The number of fused-ring (bicyclic) bond motifs is 1. The molecule has 1 amide bonds. The van der Waals surface area contributed by atoms with Crippen LogP contribution in [0.25, 0.3) is 11.8 Å². The summed E-state index contributed by atoms with van der Waals surface area (Å²) in [5, 5.41) is 10.4. The number of hydrogen-bond acceptors (Lipinski definition) is 4. The molecular formula is C32H30F3N3O4. The van der Waals surface area contributed by atoms with Crippen molar-refractivity contribution in [3.63, 3.8) is 0 Å². The van der Waals surface area contributed by atoms with Crippen LogP contribution in [-0.2, 0) is 22.4 Å². The number of nitrogens with one attached hydrogen (secondary N) is 1. The fourth-order valence-electron chi connectivity index (χ4n) is 4.72. The fraction of sp³-hybridized carbons (Fsp3) is 0.219. The molecular weight excluding hydrogens is 547 g/mol. The molecule has 1 aliphatic rings. The van der Waals surface area contributed by atoms with E-state index in [2.05, 4.69) is 40.6 Å². The molecule has 1 heterocycles. The Labute approximate surface area is 241 Å². The van der Waals surface area contributed by atoms with Crippen molar-refractivity contribution in [1.82, 2.24) is 14.9 Å². The number of nitrogens with zero attached hydrogens (tertiary/aromatic N) is 2. The molecule has 0 bridgehead atoms. The van der Waals surface area contributed by atoms with E-state index < -0.39 is 12.1 Å². The second kappa shape index (κ2) is 13.2. The maximum absolute atomic E-state index is 13.5. The number of carboxylic acid groups (broad SMARTS) is 1. The predicted molar refractivity (Wildman–Crippen MR) is 152 cm³/mol. The first-order valence-corrected chi connectivity index (χ1v) is 13.2. The van der Waals surface area contributed by atoms with E-state index in [0.717, 1.165) is 41.1 Å². The lowest BCUT2D eigenvalue weighted by Gasteiger charge is -2.17. The van der Waals surface area contributed by atoms with Crippen molar-refractivity contribution >= 4 is 18.0 Å². The van der Waals surface area contributed by atoms with E-state index in [4.69, 9.17) is 14.6 Å². The van der Waals surface area contributed by atoms with E-state index in [0.29, 0.717) is 12.0 Å². The Balaban J connectivity index is 0.000000517. The van der Waals surface area contributed by atoms with Crippen LogP contribution in [0.5, 0.6) is 5.75 Å². The number of aliphatic carboxylic acids is 1. The van der Waals surface area contributed by atoms with Crippen molar-refractivity contribution in [3.8, 4) is 11.4 Å². The molecule has 3 aromatic carbocycles. The van der Waals surface area contributed by atoms with Crippen molar-refractivity contribution in [1.29, 1.82) is 0 Å². The SMILES string of the molecule is COc1cc(C=C(Cc2ccccc2)C(=O)NC2CCc3ccccc32)ccc1-n1cnc(C)c1.O=C(O)C(F)(F)F. The second-order valence-electron chi connectivity index (χ2n) is 9.75. The summed E-state index contributed by atoms with van der Waals surface area (Å²) in [5.74, 6) is -2.07. The lowest BCUT2D eigenvalue weighted by molar-refractivity contribution is -0.192. The molecule has 218 valence electrons. The van der Waals surface area contributed by atoms with E-state index >= 15 is 0 Å². The lowest BCUT2D eigenvalue weighted by atomic mass is 10.0. The van der Waals surface area contributed by atoms with Gasteiger partial charge in [0.2, 0.25) is 5.91 Å². The molecule has 42 heavy (non-hydrogen) atoms. The standard InChI is InChI=1S/C30H29N3O2.C2HF3O2/c1-21-19-33(20-31-21)28-15-12-23(18-29(28)35-2)17-25(16-22-8-4-3-5-9-22)30(34)32-27-14-13-24-10-6-7-11-26(24)27;3-2(4,5)1(6)7/h3-12,15,17-20,27H,13-14,16H2,1-2H3,(H,32,34);(H,6,7). The van der Waals surface area contributed by atoms with Crippen LogP contribution < -0.4 is 10.1 Å². The summed E-state index contributed by atoms with van der Waals surface area (Å²) in [6.45, 7) is 1.96. The van der Waals surface area contributed by atoms with Crippen LogP contribution in [-0.4, -0.2) is 39.8 Å². The van der Waals surface area contributed by atoms with Gasteiger partial charge in [-0.3, -0.25) is 4.79 Å². The van der Waals surface area contributed by atoms with Gasteiger partial charge in [-0.25, -0.2) is 9.78 Å². The Kier molecular flexibility index (Phi) is 9.46. The zero-order valence-electron chi connectivity index (χ0n) is 23.1. The van der Waals surface area contributed by atoms with Gasteiger partial charge in [0.1, 0.15) is 5.75 Å². The molecule has 0 fully saturated rings. The van der Waals surface area contributed by atoms with Crippen molar-refractivity contribution in [3.05, 3.63) is 119 Å². The largest absolute Gasteiger partial charge is 0.495 e. The van der Waals surface area contributed by atoms with Crippen LogP contribution >= 0.6 is 0 Å². The molecule has 1 unspecified atom stereocenters. The average molecular weight is 578 g/mol. The molecule has 5 rings (SSSR count). The number of aromatic nitrogens is 2. The molecule has 0 spiro atoms. The van der Waals surface area contributed by atoms with Crippen LogP contribution in [0.3, 0.4) is 0 Å². The number of carboxylic acids is 1. The van der Waals surface area contributed by atoms with Gasteiger partial charge >= 0.3 is 12.1 Å². The van der Waals surface area contributed by atoms with Crippen LogP contribution in [0.15, 0.2) is 90.9 Å².